The third-order valence-electron chi connectivity index (χ3n) is 2.55. The zero-order chi connectivity index (χ0) is 9.26. The smallest absolute Gasteiger partial charge is 0.242 e. The standard InChI is InChI=1S/C9H14N2O2/c12-8-3-1-2-4-11(8)7-9(13)10-5-6-10/h1-7H2. The van der Waals surface area contributed by atoms with Gasteiger partial charge in [0.25, 0.3) is 0 Å². The fraction of sp³-hybridized carbons (Fsp3) is 0.778. The number of carbonyl (C=O) groups is 2. The minimum Gasteiger partial charge on any atom is -0.338 e. The molecule has 2 rings (SSSR count). The van der Waals surface area contributed by atoms with Gasteiger partial charge in [-0.05, 0) is 12.8 Å². The second kappa shape index (κ2) is 3.36. The molecule has 0 radical (unpaired) electrons. The molecule has 4 nitrogen and oxygen atoms in total. The third-order valence-corrected chi connectivity index (χ3v) is 2.55. The van der Waals surface area contributed by atoms with E-state index in [1.807, 2.05) is 0 Å². The van der Waals surface area contributed by atoms with Gasteiger partial charge < -0.3 is 9.80 Å². The van der Waals surface area contributed by atoms with Gasteiger partial charge in [0.2, 0.25) is 11.8 Å². The molecule has 4 heteroatoms. The third kappa shape index (κ3) is 1.99. The Balaban J connectivity index is 1.84. The number of hydrogen-bond acceptors (Lipinski definition) is 2. The Labute approximate surface area is 77.5 Å². The average Bonchev–Trinajstić information content (AvgIpc) is 2.91. The Kier molecular flexibility index (Phi) is 2.20. The molecular formula is C9H14N2O2. The fourth-order valence-corrected chi connectivity index (χ4v) is 1.59. The lowest BCUT2D eigenvalue weighted by Crippen LogP contribution is -2.40. The number of likely N-dealkylation sites (tertiary alicyclic amines) is 1. The Morgan fingerprint density at radius 1 is 1.23 bits per heavy atom. The molecule has 2 heterocycles. The summed E-state index contributed by atoms with van der Waals surface area (Å²) in [6, 6.07) is 0. The SMILES string of the molecule is O=C(CN1CCCCC1=O)N1CC1. The summed E-state index contributed by atoms with van der Waals surface area (Å²) >= 11 is 0. The Morgan fingerprint density at radius 2 is 2.00 bits per heavy atom. The van der Waals surface area contributed by atoms with E-state index >= 15 is 0 Å². The molecule has 0 aromatic rings. The lowest BCUT2D eigenvalue weighted by molar-refractivity contribution is -0.139. The van der Waals surface area contributed by atoms with E-state index in [2.05, 4.69) is 0 Å². The first-order valence-corrected chi connectivity index (χ1v) is 4.83. The highest BCUT2D eigenvalue weighted by Crippen LogP contribution is 2.12. The molecule has 2 fully saturated rings. The molecule has 0 spiro atoms. The Hall–Kier alpha value is -1.06. The van der Waals surface area contributed by atoms with Crippen LogP contribution in [0.3, 0.4) is 0 Å². The number of rotatable bonds is 2. The lowest BCUT2D eigenvalue weighted by atomic mass is 10.1. The summed E-state index contributed by atoms with van der Waals surface area (Å²) in [6.45, 7) is 2.82. The Bertz CT molecular complexity index is 236. The minimum absolute atomic E-state index is 0.107. The second-order valence-electron chi connectivity index (χ2n) is 3.65. The van der Waals surface area contributed by atoms with Crippen molar-refractivity contribution in [3.63, 3.8) is 0 Å². The van der Waals surface area contributed by atoms with Gasteiger partial charge in [0.15, 0.2) is 0 Å². The molecule has 2 amide bonds. The first kappa shape index (κ1) is 8.53. The van der Waals surface area contributed by atoms with Crippen LogP contribution in [0, 0.1) is 0 Å². The molecule has 2 aliphatic rings. The van der Waals surface area contributed by atoms with Crippen LogP contribution in [0.5, 0.6) is 0 Å². The summed E-state index contributed by atoms with van der Waals surface area (Å²) < 4.78 is 0. The van der Waals surface area contributed by atoms with Gasteiger partial charge in [0.05, 0.1) is 6.54 Å². The maximum Gasteiger partial charge on any atom is 0.242 e. The summed E-state index contributed by atoms with van der Waals surface area (Å²) in [5.41, 5.74) is 0. The van der Waals surface area contributed by atoms with Gasteiger partial charge >= 0.3 is 0 Å². The van der Waals surface area contributed by atoms with Crippen molar-refractivity contribution in [2.75, 3.05) is 26.2 Å². The second-order valence-corrected chi connectivity index (χ2v) is 3.65. The van der Waals surface area contributed by atoms with Crippen LogP contribution in [0.25, 0.3) is 0 Å². The van der Waals surface area contributed by atoms with E-state index in [0.717, 1.165) is 32.5 Å². The van der Waals surface area contributed by atoms with Crippen molar-refractivity contribution in [1.82, 2.24) is 9.80 Å². The van der Waals surface area contributed by atoms with Crippen molar-refractivity contribution < 1.29 is 9.59 Å². The van der Waals surface area contributed by atoms with E-state index in [4.69, 9.17) is 0 Å². The molecule has 2 saturated heterocycles. The first-order chi connectivity index (χ1) is 6.27. The molecule has 72 valence electrons. The van der Waals surface area contributed by atoms with E-state index in [-0.39, 0.29) is 11.8 Å². The van der Waals surface area contributed by atoms with Gasteiger partial charge in [-0.2, -0.15) is 0 Å². The van der Waals surface area contributed by atoms with Crippen molar-refractivity contribution >= 4 is 11.8 Å². The predicted octanol–water partition coefficient (Wildman–Crippen LogP) is -0.159. The van der Waals surface area contributed by atoms with Crippen molar-refractivity contribution in [3.05, 3.63) is 0 Å². The molecule has 0 N–H and O–H groups in total. The van der Waals surface area contributed by atoms with E-state index < -0.39 is 0 Å². The number of piperidine rings is 1. The maximum atomic E-state index is 11.4. The first-order valence-electron chi connectivity index (χ1n) is 4.83. The van der Waals surface area contributed by atoms with Crippen molar-refractivity contribution in [2.45, 2.75) is 19.3 Å². The van der Waals surface area contributed by atoms with Crippen LogP contribution in [0.2, 0.25) is 0 Å². The number of carbonyl (C=O) groups excluding carboxylic acids is 2. The monoisotopic (exact) mass is 182 g/mol. The van der Waals surface area contributed by atoms with Gasteiger partial charge in [-0.3, -0.25) is 9.59 Å². The number of nitrogens with zero attached hydrogens (tertiary/aromatic N) is 2. The number of amides is 2. The van der Waals surface area contributed by atoms with E-state index in [0.29, 0.717) is 13.0 Å². The van der Waals surface area contributed by atoms with Gasteiger partial charge in [0.1, 0.15) is 0 Å². The van der Waals surface area contributed by atoms with Crippen LogP contribution in [0.4, 0.5) is 0 Å². The van der Waals surface area contributed by atoms with Gasteiger partial charge in [-0.1, -0.05) is 0 Å². The van der Waals surface area contributed by atoms with Crippen LogP contribution in [-0.2, 0) is 9.59 Å². The molecule has 13 heavy (non-hydrogen) atoms. The van der Waals surface area contributed by atoms with Gasteiger partial charge in [-0.15, -0.1) is 0 Å². The van der Waals surface area contributed by atoms with Crippen LogP contribution < -0.4 is 0 Å². The van der Waals surface area contributed by atoms with Crippen molar-refractivity contribution in [1.29, 1.82) is 0 Å². The molecular weight excluding hydrogens is 168 g/mol. The molecule has 0 bridgehead atoms. The van der Waals surface area contributed by atoms with Gasteiger partial charge in [-0.25, -0.2) is 0 Å². The van der Waals surface area contributed by atoms with Crippen LogP contribution in [0.1, 0.15) is 19.3 Å². The highest BCUT2D eigenvalue weighted by molar-refractivity contribution is 5.86. The lowest BCUT2D eigenvalue weighted by Gasteiger charge is -2.25. The van der Waals surface area contributed by atoms with E-state index in [9.17, 15) is 9.59 Å². The molecule has 2 aliphatic heterocycles. The predicted molar refractivity (Wildman–Crippen MR) is 47.0 cm³/mol. The molecule has 0 aromatic carbocycles. The fourth-order valence-electron chi connectivity index (χ4n) is 1.59. The summed E-state index contributed by atoms with van der Waals surface area (Å²) in [7, 11) is 0. The molecule has 0 aromatic heterocycles. The largest absolute Gasteiger partial charge is 0.338 e. The summed E-state index contributed by atoms with van der Waals surface area (Å²) in [4.78, 5) is 26.1. The highest BCUT2D eigenvalue weighted by Gasteiger charge is 2.28. The molecule has 0 unspecified atom stereocenters. The van der Waals surface area contributed by atoms with Gasteiger partial charge in [0, 0.05) is 26.1 Å². The Morgan fingerprint density at radius 3 is 2.62 bits per heavy atom. The normalized spacial score (nSPS) is 22.0. The van der Waals surface area contributed by atoms with Crippen LogP contribution >= 0.6 is 0 Å². The van der Waals surface area contributed by atoms with E-state index in [1.54, 1.807) is 9.80 Å². The topological polar surface area (TPSA) is 40.4 Å². The molecule has 0 atom stereocenters. The van der Waals surface area contributed by atoms with Crippen LogP contribution in [-0.4, -0.2) is 47.8 Å². The summed E-state index contributed by atoms with van der Waals surface area (Å²) in [5.74, 6) is 0.247. The van der Waals surface area contributed by atoms with E-state index in [1.165, 1.54) is 0 Å². The highest BCUT2D eigenvalue weighted by atomic mass is 16.2. The quantitative estimate of drug-likeness (QED) is 0.557. The zero-order valence-electron chi connectivity index (χ0n) is 7.66. The average molecular weight is 182 g/mol. The maximum absolute atomic E-state index is 11.4. The summed E-state index contributed by atoms with van der Waals surface area (Å²) in [6.07, 6.45) is 2.64. The zero-order valence-corrected chi connectivity index (χ0v) is 7.66. The molecule has 0 saturated carbocycles. The van der Waals surface area contributed by atoms with Crippen molar-refractivity contribution in [3.8, 4) is 0 Å². The minimum atomic E-state index is 0.107. The number of hydrogen-bond donors (Lipinski definition) is 0. The summed E-state index contributed by atoms with van der Waals surface area (Å²) in [5, 5.41) is 0. The van der Waals surface area contributed by atoms with Crippen LogP contribution in [0.15, 0.2) is 0 Å². The van der Waals surface area contributed by atoms with Crippen molar-refractivity contribution in [2.24, 2.45) is 0 Å². The molecule has 0 aliphatic carbocycles.